The van der Waals surface area contributed by atoms with Crippen LogP contribution in [0.1, 0.15) is 30.0 Å². The largest absolute Gasteiger partial charge is 0.478 e. The predicted molar refractivity (Wildman–Crippen MR) is 110 cm³/mol. The lowest BCUT2D eigenvalue weighted by Crippen LogP contribution is -2.42. The summed E-state index contributed by atoms with van der Waals surface area (Å²) in [5.41, 5.74) is 0.418. The van der Waals surface area contributed by atoms with Crippen LogP contribution < -0.4 is 0 Å². The van der Waals surface area contributed by atoms with Gasteiger partial charge in [-0.1, -0.05) is 11.6 Å². The van der Waals surface area contributed by atoms with Gasteiger partial charge in [0, 0.05) is 11.6 Å². The first-order valence-corrected chi connectivity index (χ1v) is 9.99. The Kier molecular flexibility index (Phi) is 6.33. The van der Waals surface area contributed by atoms with Gasteiger partial charge in [-0.05, 0) is 55.9 Å². The summed E-state index contributed by atoms with van der Waals surface area (Å²) in [5.74, 6) is -1.81. The molecule has 1 saturated heterocycles. The fraction of sp³-hybridized carbons (Fsp3) is 0.200. The maximum atomic E-state index is 12.6. The average Bonchev–Trinajstić information content (AvgIpc) is 3.26. The highest BCUT2D eigenvalue weighted by atomic mass is 35.5. The fourth-order valence-corrected chi connectivity index (χ4v) is 3.83. The van der Waals surface area contributed by atoms with Gasteiger partial charge in [-0.15, -0.1) is 0 Å². The smallest absolute Gasteiger partial charge is 0.337 e. The third-order valence-electron chi connectivity index (χ3n) is 4.22. The van der Waals surface area contributed by atoms with Crippen LogP contribution in [-0.2, 0) is 14.3 Å². The summed E-state index contributed by atoms with van der Waals surface area (Å²) in [6, 6.07) is 6.57. The minimum Gasteiger partial charge on any atom is -0.478 e. The number of esters is 1. The summed E-state index contributed by atoms with van der Waals surface area (Å²) >= 11 is 6.57. The van der Waals surface area contributed by atoms with E-state index < -0.39 is 29.1 Å². The molecular weight excluding hydrogens is 434 g/mol. The number of benzene rings is 1. The first-order chi connectivity index (χ1) is 14.2. The van der Waals surface area contributed by atoms with Crippen molar-refractivity contribution in [2.24, 2.45) is 0 Å². The van der Waals surface area contributed by atoms with E-state index in [9.17, 15) is 24.3 Å². The van der Waals surface area contributed by atoms with Crippen LogP contribution in [0, 0.1) is 0 Å². The normalized spacial score (nSPS) is 16.2. The molecule has 0 radical (unpaired) electrons. The molecule has 0 saturated carbocycles. The number of thioether (sulfide) groups is 1. The molecule has 156 valence electrons. The number of aromatic carboxylic acids is 1. The first kappa shape index (κ1) is 21.7. The van der Waals surface area contributed by atoms with Crippen LogP contribution in [0.3, 0.4) is 0 Å². The summed E-state index contributed by atoms with van der Waals surface area (Å²) in [5, 5.41) is 8.71. The molecule has 1 atom stereocenters. The number of nitrogens with zero attached hydrogens (tertiary/aromatic N) is 1. The number of hydrogen-bond acceptors (Lipinski definition) is 7. The Labute approximate surface area is 180 Å². The van der Waals surface area contributed by atoms with E-state index in [4.69, 9.17) is 20.8 Å². The molecule has 1 aliphatic heterocycles. The van der Waals surface area contributed by atoms with Crippen molar-refractivity contribution in [3.8, 4) is 11.3 Å². The second-order valence-corrected chi connectivity index (χ2v) is 7.58. The number of furan rings is 1. The number of carbonyl (C=O) groups excluding carboxylic acids is 3. The van der Waals surface area contributed by atoms with Crippen LogP contribution in [0.15, 0.2) is 39.7 Å². The summed E-state index contributed by atoms with van der Waals surface area (Å²) in [4.78, 5) is 48.9. The third kappa shape index (κ3) is 4.27. The van der Waals surface area contributed by atoms with E-state index in [-0.39, 0.29) is 27.9 Å². The number of imide groups is 1. The lowest BCUT2D eigenvalue weighted by atomic mass is 10.1. The number of hydrogen-bond donors (Lipinski definition) is 1. The summed E-state index contributed by atoms with van der Waals surface area (Å²) in [6.45, 7) is 3.19. The minimum absolute atomic E-state index is 0.0683. The van der Waals surface area contributed by atoms with Gasteiger partial charge < -0.3 is 14.3 Å². The number of rotatable bonds is 6. The molecule has 2 aromatic rings. The molecule has 0 aliphatic carbocycles. The molecule has 8 nitrogen and oxygen atoms in total. The lowest BCUT2D eigenvalue weighted by molar-refractivity contribution is -0.150. The van der Waals surface area contributed by atoms with Crippen molar-refractivity contribution in [2.75, 3.05) is 6.61 Å². The Bertz CT molecular complexity index is 1070. The quantitative estimate of drug-likeness (QED) is 0.513. The van der Waals surface area contributed by atoms with Gasteiger partial charge in [0.2, 0.25) is 0 Å². The molecule has 3 rings (SSSR count). The van der Waals surface area contributed by atoms with E-state index in [0.29, 0.717) is 23.1 Å². The topological polar surface area (TPSA) is 114 Å². The van der Waals surface area contributed by atoms with Crippen molar-refractivity contribution >= 4 is 52.5 Å². The van der Waals surface area contributed by atoms with E-state index in [1.54, 1.807) is 25.1 Å². The molecule has 1 aliphatic rings. The third-order valence-corrected chi connectivity index (χ3v) is 5.43. The minimum atomic E-state index is -1.17. The number of halogens is 1. The van der Waals surface area contributed by atoms with Crippen LogP contribution in [0.4, 0.5) is 4.79 Å². The Morgan fingerprint density at radius 3 is 2.70 bits per heavy atom. The zero-order chi connectivity index (χ0) is 22.0. The zero-order valence-corrected chi connectivity index (χ0v) is 17.5. The van der Waals surface area contributed by atoms with Crippen LogP contribution in [-0.4, -0.2) is 45.7 Å². The molecule has 1 aromatic carbocycles. The lowest BCUT2D eigenvalue weighted by Gasteiger charge is -2.19. The molecule has 0 bridgehead atoms. The Balaban J connectivity index is 1.84. The molecule has 30 heavy (non-hydrogen) atoms. The number of carboxylic acid groups (broad SMARTS) is 1. The molecule has 2 amide bonds. The van der Waals surface area contributed by atoms with Crippen molar-refractivity contribution in [1.82, 2.24) is 4.90 Å². The van der Waals surface area contributed by atoms with Gasteiger partial charge >= 0.3 is 11.9 Å². The van der Waals surface area contributed by atoms with E-state index in [0.717, 1.165) is 4.90 Å². The zero-order valence-electron chi connectivity index (χ0n) is 15.9. The van der Waals surface area contributed by atoms with Gasteiger partial charge in [0.25, 0.3) is 11.1 Å². The van der Waals surface area contributed by atoms with Gasteiger partial charge in [-0.25, -0.2) is 9.59 Å². The second kappa shape index (κ2) is 8.76. The molecule has 0 spiro atoms. The van der Waals surface area contributed by atoms with Crippen LogP contribution in [0.5, 0.6) is 0 Å². The van der Waals surface area contributed by atoms with Crippen molar-refractivity contribution in [2.45, 2.75) is 19.9 Å². The molecule has 1 N–H and O–H groups in total. The maximum absolute atomic E-state index is 12.6. The van der Waals surface area contributed by atoms with Gasteiger partial charge in [0.15, 0.2) is 0 Å². The number of amides is 2. The highest BCUT2D eigenvalue weighted by Crippen LogP contribution is 2.35. The van der Waals surface area contributed by atoms with Gasteiger partial charge in [0.05, 0.1) is 22.1 Å². The molecule has 2 heterocycles. The Morgan fingerprint density at radius 1 is 1.30 bits per heavy atom. The van der Waals surface area contributed by atoms with Crippen molar-refractivity contribution in [1.29, 1.82) is 0 Å². The van der Waals surface area contributed by atoms with Crippen LogP contribution >= 0.6 is 23.4 Å². The molecule has 10 heteroatoms. The van der Waals surface area contributed by atoms with Crippen LogP contribution in [0.2, 0.25) is 5.02 Å². The van der Waals surface area contributed by atoms with Gasteiger partial charge in [-0.3, -0.25) is 14.5 Å². The Hall–Kier alpha value is -3.04. The average molecular weight is 450 g/mol. The molecule has 1 fully saturated rings. The summed E-state index contributed by atoms with van der Waals surface area (Å²) in [7, 11) is 0. The van der Waals surface area contributed by atoms with Crippen molar-refractivity contribution in [3.63, 3.8) is 0 Å². The van der Waals surface area contributed by atoms with Gasteiger partial charge in [-0.2, -0.15) is 0 Å². The summed E-state index contributed by atoms with van der Waals surface area (Å²) < 4.78 is 10.5. The molecule has 0 unspecified atom stereocenters. The summed E-state index contributed by atoms with van der Waals surface area (Å²) in [6.07, 6.45) is 1.39. The predicted octanol–water partition coefficient (Wildman–Crippen LogP) is 4.29. The highest BCUT2D eigenvalue weighted by Gasteiger charge is 2.41. The number of ether oxygens (including phenoxy) is 1. The van der Waals surface area contributed by atoms with E-state index >= 15 is 0 Å². The van der Waals surface area contributed by atoms with E-state index in [1.165, 1.54) is 25.1 Å². The number of carbonyl (C=O) groups is 4. The standard InChI is InChI=1S/C20H16ClNO7S/c1-3-28-19(26)10(2)22-17(23)16(30-20(22)27)9-12-5-7-15(29-12)11-4-6-14(21)13(8-11)18(24)25/h4-10H,3H2,1-2H3,(H,24,25)/b16-9-/t10-/m1/s1. The van der Waals surface area contributed by atoms with Crippen molar-refractivity contribution < 1.29 is 33.4 Å². The maximum Gasteiger partial charge on any atom is 0.337 e. The van der Waals surface area contributed by atoms with E-state index in [1.807, 2.05) is 0 Å². The molecular formula is C20H16ClNO7S. The Morgan fingerprint density at radius 2 is 2.03 bits per heavy atom. The first-order valence-electron chi connectivity index (χ1n) is 8.79. The van der Waals surface area contributed by atoms with Gasteiger partial charge in [0.1, 0.15) is 17.6 Å². The highest BCUT2D eigenvalue weighted by molar-refractivity contribution is 8.18. The molecule has 1 aromatic heterocycles. The number of carboxylic acids is 1. The van der Waals surface area contributed by atoms with Crippen LogP contribution in [0.25, 0.3) is 17.4 Å². The monoisotopic (exact) mass is 449 g/mol. The SMILES string of the molecule is CCOC(=O)[C@@H](C)N1C(=O)S/C(=C\c2ccc(-c3ccc(Cl)c(C(=O)O)c3)o2)C1=O. The van der Waals surface area contributed by atoms with E-state index in [2.05, 4.69) is 0 Å². The van der Waals surface area contributed by atoms with Crippen molar-refractivity contribution in [3.05, 3.63) is 51.6 Å². The second-order valence-electron chi connectivity index (χ2n) is 6.18. The fourth-order valence-electron chi connectivity index (χ4n) is 2.74.